The monoisotopic (exact) mass is 324 g/mol. The van der Waals surface area contributed by atoms with Crippen molar-refractivity contribution in [3.05, 3.63) is 83.4 Å². The minimum absolute atomic E-state index is 0.762. The Labute approximate surface area is 150 Å². The van der Waals surface area contributed by atoms with Crippen molar-refractivity contribution in [1.29, 1.82) is 0 Å². The van der Waals surface area contributed by atoms with Gasteiger partial charge in [0.05, 0.1) is 0 Å². The van der Waals surface area contributed by atoms with E-state index >= 15 is 0 Å². The van der Waals surface area contributed by atoms with E-state index in [1.54, 1.807) is 5.56 Å². The normalized spacial score (nSPS) is 16.5. The molecule has 0 amide bonds. The molecule has 2 aliphatic rings. The number of fused-ring (bicyclic) bond motifs is 3. The molecule has 0 N–H and O–H groups in total. The molecule has 0 heterocycles. The summed E-state index contributed by atoms with van der Waals surface area (Å²) < 4.78 is 0. The van der Waals surface area contributed by atoms with E-state index in [4.69, 9.17) is 0 Å². The van der Waals surface area contributed by atoms with Crippen LogP contribution in [0, 0.1) is 0 Å². The van der Waals surface area contributed by atoms with E-state index in [9.17, 15) is 0 Å². The van der Waals surface area contributed by atoms with Crippen LogP contribution in [0.4, 0.5) is 0 Å². The molecular formula is C25H24. The summed E-state index contributed by atoms with van der Waals surface area (Å²) >= 11 is 0. The largest absolute Gasteiger partial charge is 0.0619 e. The molecule has 0 nitrogen and oxygen atoms in total. The number of hydrogen-bond donors (Lipinski definition) is 0. The Kier molecular flexibility index (Phi) is 3.70. The summed E-state index contributed by atoms with van der Waals surface area (Å²) in [5, 5.41) is 0. The molecule has 124 valence electrons. The van der Waals surface area contributed by atoms with Gasteiger partial charge in [0.15, 0.2) is 0 Å². The number of hydrogen-bond acceptors (Lipinski definition) is 0. The lowest BCUT2D eigenvalue weighted by Gasteiger charge is -2.22. The lowest BCUT2D eigenvalue weighted by Crippen LogP contribution is -2.04. The minimum Gasteiger partial charge on any atom is -0.0619 e. The molecule has 0 aromatic heterocycles. The highest BCUT2D eigenvalue weighted by Crippen LogP contribution is 2.43. The predicted molar refractivity (Wildman–Crippen MR) is 106 cm³/mol. The molecule has 3 aromatic carbocycles. The van der Waals surface area contributed by atoms with Crippen LogP contribution in [0.15, 0.2) is 66.7 Å². The SMILES string of the molecule is c1cc(-c2cccc3c2-c2ccccc2C3)cc(C2CCCCC2)c1. The molecule has 2 aliphatic carbocycles. The standard InChI is InChI=1S/C25H24/c1-2-8-18(9-3-1)19-11-6-12-21(16-19)24-15-7-13-22-17-20-10-4-5-14-23(20)25(22)24/h4-7,10-16,18H,1-3,8-9,17H2. The van der Waals surface area contributed by atoms with Gasteiger partial charge in [0.1, 0.15) is 0 Å². The van der Waals surface area contributed by atoms with Gasteiger partial charge in [-0.25, -0.2) is 0 Å². The summed E-state index contributed by atoms with van der Waals surface area (Å²) in [6.45, 7) is 0. The average Bonchev–Trinajstić information content (AvgIpc) is 3.07. The molecule has 5 rings (SSSR count). The van der Waals surface area contributed by atoms with E-state index in [-0.39, 0.29) is 0 Å². The van der Waals surface area contributed by atoms with Crippen molar-refractivity contribution in [2.24, 2.45) is 0 Å². The third-order valence-electron chi connectivity index (χ3n) is 6.09. The summed E-state index contributed by atoms with van der Waals surface area (Å²) in [5.41, 5.74) is 10.2. The second-order valence-corrected chi connectivity index (χ2v) is 7.63. The first kappa shape index (κ1) is 15.0. The van der Waals surface area contributed by atoms with Crippen LogP contribution in [0.5, 0.6) is 0 Å². The molecule has 0 unspecified atom stereocenters. The lowest BCUT2D eigenvalue weighted by molar-refractivity contribution is 0.444. The van der Waals surface area contributed by atoms with Crippen molar-refractivity contribution in [1.82, 2.24) is 0 Å². The van der Waals surface area contributed by atoms with Crippen LogP contribution in [0.3, 0.4) is 0 Å². The second kappa shape index (κ2) is 6.19. The minimum atomic E-state index is 0.762. The molecule has 1 saturated carbocycles. The van der Waals surface area contributed by atoms with Gasteiger partial charge in [0.25, 0.3) is 0 Å². The first-order chi connectivity index (χ1) is 12.4. The molecule has 0 aliphatic heterocycles. The van der Waals surface area contributed by atoms with Crippen LogP contribution in [0.2, 0.25) is 0 Å². The van der Waals surface area contributed by atoms with Crippen LogP contribution in [0.1, 0.15) is 54.7 Å². The third kappa shape index (κ3) is 2.61. The van der Waals surface area contributed by atoms with Gasteiger partial charge in [-0.15, -0.1) is 0 Å². The molecule has 0 atom stereocenters. The zero-order chi connectivity index (χ0) is 16.6. The Bertz CT molecular complexity index is 913. The third-order valence-corrected chi connectivity index (χ3v) is 6.09. The fourth-order valence-corrected chi connectivity index (χ4v) is 4.83. The van der Waals surface area contributed by atoms with Crippen LogP contribution in [-0.2, 0) is 6.42 Å². The molecule has 3 aromatic rings. The van der Waals surface area contributed by atoms with E-state index in [0.29, 0.717) is 0 Å². The number of benzene rings is 3. The molecule has 0 spiro atoms. The van der Waals surface area contributed by atoms with Crippen LogP contribution in [-0.4, -0.2) is 0 Å². The van der Waals surface area contributed by atoms with Gasteiger partial charge in [-0.3, -0.25) is 0 Å². The van der Waals surface area contributed by atoms with Crippen molar-refractivity contribution in [2.45, 2.75) is 44.4 Å². The average molecular weight is 324 g/mol. The maximum Gasteiger partial charge on any atom is -0.00132 e. The molecule has 0 bridgehead atoms. The number of rotatable bonds is 2. The highest BCUT2D eigenvalue weighted by atomic mass is 14.3. The molecule has 0 heteroatoms. The van der Waals surface area contributed by atoms with E-state index in [2.05, 4.69) is 66.7 Å². The summed E-state index contributed by atoms with van der Waals surface area (Å²) in [6, 6.07) is 25.1. The topological polar surface area (TPSA) is 0 Å². The van der Waals surface area contributed by atoms with Gasteiger partial charge in [-0.1, -0.05) is 86.0 Å². The van der Waals surface area contributed by atoms with Gasteiger partial charge in [0, 0.05) is 0 Å². The fraction of sp³-hybridized carbons (Fsp3) is 0.280. The Hall–Kier alpha value is -2.34. The van der Waals surface area contributed by atoms with Gasteiger partial charge in [-0.2, -0.15) is 0 Å². The van der Waals surface area contributed by atoms with Crippen molar-refractivity contribution >= 4 is 0 Å². The Morgan fingerprint density at radius 2 is 1.40 bits per heavy atom. The van der Waals surface area contributed by atoms with E-state index in [1.807, 2.05) is 0 Å². The highest BCUT2D eigenvalue weighted by Gasteiger charge is 2.22. The van der Waals surface area contributed by atoms with Crippen LogP contribution >= 0.6 is 0 Å². The van der Waals surface area contributed by atoms with Crippen molar-refractivity contribution < 1.29 is 0 Å². The highest BCUT2D eigenvalue weighted by molar-refractivity contribution is 5.90. The lowest BCUT2D eigenvalue weighted by atomic mass is 9.83. The van der Waals surface area contributed by atoms with Gasteiger partial charge in [0.2, 0.25) is 0 Å². The van der Waals surface area contributed by atoms with Crippen LogP contribution < -0.4 is 0 Å². The van der Waals surface area contributed by atoms with E-state index < -0.39 is 0 Å². The maximum absolute atomic E-state index is 2.46. The van der Waals surface area contributed by atoms with Crippen molar-refractivity contribution in [3.63, 3.8) is 0 Å². The van der Waals surface area contributed by atoms with E-state index in [0.717, 1.165) is 12.3 Å². The Balaban J connectivity index is 1.61. The zero-order valence-electron chi connectivity index (χ0n) is 14.7. The smallest absolute Gasteiger partial charge is 0.00132 e. The zero-order valence-corrected chi connectivity index (χ0v) is 14.7. The molecule has 0 radical (unpaired) electrons. The van der Waals surface area contributed by atoms with Crippen molar-refractivity contribution in [3.8, 4) is 22.3 Å². The maximum atomic E-state index is 2.46. The second-order valence-electron chi connectivity index (χ2n) is 7.63. The molecule has 0 saturated heterocycles. The van der Waals surface area contributed by atoms with Gasteiger partial charge >= 0.3 is 0 Å². The quantitative estimate of drug-likeness (QED) is 0.373. The molecular weight excluding hydrogens is 300 g/mol. The summed E-state index contributed by atoms with van der Waals surface area (Å²) in [6.07, 6.45) is 7.99. The van der Waals surface area contributed by atoms with Crippen molar-refractivity contribution in [2.75, 3.05) is 0 Å². The van der Waals surface area contributed by atoms with Crippen LogP contribution in [0.25, 0.3) is 22.3 Å². The Morgan fingerprint density at radius 1 is 0.640 bits per heavy atom. The summed E-state index contributed by atoms with van der Waals surface area (Å²) in [4.78, 5) is 0. The summed E-state index contributed by atoms with van der Waals surface area (Å²) in [7, 11) is 0. The summed E-state index contributed by atoms with van der Waals surface area (Å²) in [5.74, 6) is 0.762. The first-order valence-corrected chi connectivity index (χ1v) is 9.71. The van der Waals surface area contributed by atoms with Gasteiger partial charge < -0.3 is 0 Å². The first-order valence-electron chi connectivity index (χ1n) is 9.71. The molecule has 1 fully saturated rings. The predicted octanol–water partition coefficient (Wildman–Crippen LogP) is 6.97. The fourth-order valence-electron chi connectivity index (χ4n) is 4.83. The van der Waals surface area contributed by atoms with Gasteiger partial charge in [-0.05, 0) is 64.1 Å². The Morgan fingerprint density at radius 3 is 2.32 bits per heavy atom. The molecule has 25 heavy (non-hydrogen) atoms. The van der Waals surface area contributed by atoms with E-state index in [1.165, 1.54) is 65.5 Å².